The summed E-state index contributed by atoms with van der Waals surface area (Å²) in [6.07, 6.45) is 3.69. The summed E-state index contributed by atoms with van der Waals surface area (Å²) in [4.78, 5) is 6.77. The monoisotopic (exact) mass is 480 g/mol. The molecule has 7 heteroatoms. The highest BCUT2D eigenvalue weighted by atomic mass is 127. The molecule has 6 nitrogen and oxygen atoms in total. The van der Waals surface area contributed by atoms with Gasteiger partial charge in [0.15, 0.2) is 5.96 Å². The predicted octanol–water partition coefficient (Wildman–Crippen LogP) is 3.48. The van der Waals surface area contributed by atoms with E-state index in [1.807, 2.05) is 12.1 Å². The quantitative estimate of drug-likeness (QED) is 0.208. The minimum Gasteiger partial charge on any atom is -0.467 e. The number of nitrogens with one attached hydrogen (secondary N) is 2. The van der Waals surface area contributed by atoms with E-state index in [0.29, 0.717) is 25.3 Å². The number of guanidine groups is 1. The van der Waals surface area contributed by atoms with Gasteiger partial charge in [-0.25, -0.2) is 0 Å². The number of aliphatic imine (C=N–C) groups is 1. The molecule has 1 heterocycles. The molecule has 0 aliphatic rings. The molecule has 1 aromatic rings. The number of nitrogens with zero attached hydrogens (tertiary/aromatic N) is 2. The Morgan fingerprint density at radius 1 is 1.15 bits per heavy atom. The molecule has 0 aliphatic heterocycles. The van der Waals surface area contributed by atoms with Gasteiger partial charge in [-0.2, -0.15) is 0 Å². The molecule has 0 radical (unpaired) electrons. The molecule has 0 atom stereocenters. The van der Waals surface area contributed by atoms with Crippen molar-refractivity contribution >= 4 is 29.9 Å². The zero-order valence-electron chi connectivity index (χ0n) is 17.0. The van der Waals surface area contributed by atoms with Crippen molar-refractivity contribution in [3.05, 3.63) is 24.2 Å². The maximum Gasteiger partial charge on any atom is 0.190 e. The average molecular weight is 480 g/mol. The van der Waals surface area contributed by atoms with Gasteiger partial charge in [0, 0.05) is 45.4 Å². The van der Waals surface area contributed by atoms with Gasteiger partial charge in [0.1, 0.15) is 12.4 Å². The first-order valence-electron chi connectivity index (χ1n) is 9.35. The van der Waals surface area contributed by atoms with Crippen LogP contribution >= 0.6 is 24.0 Å². The van der Waals surface area contributed by atoms with Crippen LogP contribution in [-0.2, 0) is 11.3 Å². The van der Waals surface area contributed by atoms with Crippen LogP contribution in [0.1, 0.15) is 46.3 Å². The first kappa shape index (κ1) is 25.2. The fourth-order valence-corrected chi connectivity index (χ4v) is 2.75. The minimum atomic E-state index is 0. The van der Waals surface area contributed by atoms with E-state index in [4.69, 9.17) is 9.15 Å². The topological polar surface area (TPSA) is 62.0 Å². The van der Waals surface area contributed by atoms with Gasteiger partial charge >= 0.3 is 0 Å². The second-order valence-corrected chi connectivity index (χ2v) is 6.69. The summed E-state index contributed by atoms with van der Waals surface area (Å²) in [6.45, 7) is 13.1. The van der Waals surface area contributed by atoms with Crippen molar-refractivity contribution in [2.45, 2.75) is 59.2 Å². The molecule has 0 amide bonds. The van der Waals surface area contributed by atoms with E-state index < -0.39 is 0 Å². The summed E-state index contributed by atoms with van der Waals surface area (Å²) >= 11 is 0. The lowest BCUT2D eigenvalue weighted by Gasteiger charge is -2.30. The van der Waals surface area contributed by atoms with Crippen LogP contribution in [-0.4, -0.2) is 56.2 Å². The van der Waals surface area contributed by atoms with Crippen LogP contribution in [0.4, 0.5) is 0 Å². The highest BCUT2D eigenvalue weighted by molar-refractivity contribution is 14.0. The van der Waals surface area contributed by atoms with Crippen molar-refractivity contribution in [2.75, 3.05) is 33.3 Å². The molecule has 0 aliphatic carbocycles. The molecule has 2 N–H and O–H groups in total. The van der Waals surface area contributed by atoms with Gasteiger partial charge in [0.25, 0.3) is 0 Å². The van der Waals surface area contributed by atoms with Crippen molar-refractivity contribution in [2.24, 2.45) is 4.99 Å². The van der Waals surface area contributed by atoms with Gasteiger partial charge in [0.2, 0.25) is 0 Å². The van der Waals surface area contributed by atoms with E-state index in [1.165, 1.54) is 0 Å². The fourth-order valence-electron chi connectivity index (χ4n) is 2.75. The van der Waals surface area contributed by atoms with Crippen LogP contribution in [0, 0.1) is 0 Å². The first-order valence-corrected chi connectivity index (χ1v) is 9.35. The Kier molecular flexibility index (Phi) is 14.8. The van der Waals surface area contributed by atoms with Gasteiger partial charge in [0.05, 0.1) is 6.26 Å². The summed E-state index contributed by atoms with van der Waals surface area (Å²) in [7, 11) is 1.80. The van der Waals surface area contributed by atoms with Crippen LogP contribution in [0.15, 0.2) is 27.8 Å². The summed E-state index contributed by atoms with van der Waals surface area (Å²) in [5.41, 5.74) is 0. The highest BCUT2D eigenvalue weighted by Gasteiger charge is 2.12. The molecule has 152 valence electrons. The van der Waals surface area contributed by atoms with Crippen molar-refractivity contribution in [3.8, 4) is 0 Å². The van der Waals surface area contributed by atoms with Crippen LogP contribution in [0.25, 0.3) is 0 Å². The molecular weight excluding hydrogens is 443 g/mol. The predicted molar refractivity (Wildman–Crippen MR) is 119 cm³/mol. The molecule has 0 unspecified atom stereocenters. The third-order valence-electron chi connectivity index (χ3n) is 4.02. The van der Waals surface area contributed by atoms with E-state index >= 15 is 0 Å². The largest absolute Gasteiger partial charge is 0.467 e. The lowest BCUT2D eigenvalue weighted by molar-refractivity contribution is 0.105. The molecule has 1 rings (SSSR count). The summed E-state index contributed by atoms with van der Waals surface area (Å²) < 4.78 is 10.8. The lowest BCUT2D eigenvalue weighted by atomic mass is 10.2. The lowest BCUT2D eigenvalue weighted by Crippen LogP contribution is -2.41. The molecule has 26 heavy (non-hydrogen) atoms. The van der Waals surface area contributed by atoms with Crippen LogP contribution in [0.5, 0.6) is 0 Å². The van der Waals surface area contributed by atoms with Crippen molar-refractivity contribution < 1.29 is 9.15 Å². The van der Waals surface area contributed by atoms with E-state index in [9.17, 15) is 0 Å². The number of rotatable bonds is 12. The number of hydrogen-bond donors (Lipinski definition) is 2. The van der Waals surface area contributed by atoms with Crippen LogP contribution < -0.4 is 10.6 Å². The number of ether oxygens (including phenoxy) is 1. The van der Waals surface area contributed by atoms with Crippen LogP contribution in [0.2, 0.25) is 0 Å². The maximum absolute atomic E-state index is 5.56. The molecule has 0 saturated heterocycles. The van der Waals surface area contributed by atoms with Crippen LogP contribution in [0.3, 0.4) is 0 Å². The van der Waals surface area contributed by atoms with E-state index in [2.05, 4.69) is 48.2 Å². The number of furan rings is 1. The second kappa shape index (κ2) is 15.3. The number of halogens is 1. The third kappa shape index (κ3) is 11.0. The standard InChI is InChI=1S/C19H36N4O2.HI/c1-16(2)23(17(3)4)12-7-10-21-19(20-5)22-11-8-13-24-15-18-9-6-14-25-18;/h6,9,14,16-17H,7-8,10-13,15H2,1-5H3,(H2,20,21,22);1H. The fraction of sp³-hybridized carbons (Fsp3) is 0.737. The zero-order chi connectivity index (χ0) is 18.5. The van der Waals surface area contributed by atoms with E-state index in [-0.39, 0.29) is 24.0 Å². The van der Waals surface area contributed by atoms with E-state index in [1.54, 1.807) is 13.3 Å². The summed E-state index contributed by atoms with van der Waals surface area (Å²) in [6, 6.07) is 4.96. The SMILES string of the molecule is CN=C(NCCCOCc1ccco1)NCCCN(C(C)C)C(C)C.I. The smallest absolute Gasteiger partial charge is 0.190 e. The Hall–Kier alpha value is -0.800. The van der Waals surface area contributed by atoms with Gasteiger partial charge in [-0.15, -0.1) is 24.0 Å². The minimum absolute atomic E-state index is 0. The van der Waals surface area contributed by atoms with Crippen molar-refractivity contribution in [3.63, 3.8) is 0 Å². The Morgan fingerprint density at radius 3 is 2.35 bits per heavy atom. The van der Waals surface area contributed by atoms with E-state index in [0.717, 1.165) is 44.2 Å². The summed E-state index contributed by atoms with van der Waals surface area (Å²) in [5.74, 6) is 1.72. The molecule has 0 saturated carbocycles. The Labute approximate surface area is 176 Å². The van der Waals surface area contributed by atoms with Gasteiger partial charge < -0.3 is 19.8 Å². The molecule has 0 aromatic carbocycles. The Bertz CT molecular complexity index is 456. The molecule has 1 aromatic heterocycles. The van der Waals surface area contributed by atoms with Crippen molar-refractivity contribution in [1.82, 2.24) is 15.5 Å². The third-order valence-corrected chi connectivity index (χ3v) is 4.02. The van der Waals surface area contributed by atoms with Crippen molar-refractivity contribution in [1.29, 1.82) is 0 Å². The summed E-state index contributed by atoms with van der Waals surface area (Å²) in [5, 5.41) is 6.69. The maximum atomic E-state index is 5.56. The second-order valence-electron chi connectivity index (χ2n) is 6.69. The molecule has 0 spiro atoms. The average Bonchev–Trinajstić information content (AvgIpc) is 3.08. The Morgan fingerprint density at radius 2 is 1.81 bits per heavy atom. The van der Waals surface area contributed by atoms with Gasteiger partial charge in [-0.05, 0) is 52.7 Å². The normalized spacial score (nSPS) is 11.9. The Balaban J connectivity index is 0.00000625. The van der Waals surface area contributed by atoms with Gasteiger partial charge in [-0.1, -0.05) is 0 Å². The number of hydrogen-bond acceptors (Lipinski definition) is 4. The first-order chi connectivity index (χ1) is 12.0. The van der Waals surface area contributed by atoms with Gasteiger partial charge in [-0.3, -0.25) is 9.89 Å². The molecule has 0 fully saturated rings. The highest BCUT2D eigenvalue weighted by Crippen LogP contribution is 2.05. The molecular formula is C19H37IN4O2. The zero-order valence-corrected chi connectivity index (χ0v) is 19.3. The molecule has 0 bridgehead atoms.